The SMILES string of the molecule is BC[C@H]1CC[C@H](c2ccc(C(F)(F)F)cc2)O1. The van der Waals surface area contributed by atoms with E-state index in [4.69, 9.17) is 4.74 Å². The van der Waals surface area contributed by atoms with Gasteiger partial charge in [0.05, 0.1) is 17.8 Å². The van der Waals surface area contributed by atoms with Crippen LogP contribution in [-0.4, -0.2) is 14.0 Å². The predicted octanol–water partition coefficient (Wildman–Crippen LogP) is 2.98. The Morgan fingerprint density at radius 2 is 1.82 bits per heavy atom. The highest BCUT2D eigenvalue weighted by molar-refractivity contribution is 6.08. The van der Waals surface area contributed by atoms with Crippen LogP contribution < -0.4 is 0 Å². The summed E-state index contributed by atoms with van der Waals surface area (Å²) in [4.78, 5) is 0. The summed E-state index contributed by atoms with van der Waals surface area (Å²) in [6, 6.07) is 5.28. The van der Waals surface area contributed by atoms with Gasteiger partial charge in [0, 0.05) is 0 Å². The third kappa shape index (κ3) is 2.83. The molecule has 0 aromatic heterocycles. The molecule has 0 aliphatic carbocycles. The Balaban J connectivity index is 2.09. The summed E-state index contributed by atoms with van der Waals surface area (Å²) in [5, 5.41) is 0. The van der Waals surface area contributed by atoms with Crippen molar-refractivity contribution in [1.29, 1.82) is 0 Å². The van der Waals surface area contributed by atoms with Crippen LogP contribution >= 0.6 is 0 Å². The van der Waals surface area contributed by atoms with E-state index >= 15 is 0 Å². The average Bonchev–Trinajstić information content (AvgIpc) is 2.76. The van der Waals surface area contributed by atoms with E-state index in [0.717, 1.165) is 36.9 Å². The highest BCUT2D eigenvalue weighted by Crippen LogP contribution is 2.35. The molecular weight excluding hydrogens is 228 g/mol. The molecule has 0 amide bonds. The lowest BCUT2D eigenvalue weighted by molar-refractivity contribution is -0.137. The Labute approximate surface area is 99.4 Å². The first kappa shape index (κ1) is 12.5. The van der Waals surface area contributed by atoms with Crippen LogP contribution in [0, 0.1) is 0 Å². The van der Waals surface area contributed by atoms with Gasteiger partial charge in [-0.05, 0) is 30.5 Å². The van der Waals surface area contributed by atoms with E-state index in [1.54, 1.807) is 0 Å². The van der Waals surface area contributed by atoms with E-state index in [2.05, 4.69) is 7.85 Å². The molecule has 92 valence electrons. The number of hydrogen-bond acceptors (Lipinski definition) is 1. The fraction of sp³-hybridized carbons (Fsp3) is 0.500. The maximum Gasteiger partial charge on any atom is 0.416 e. The van der Waals surface area contributed by atoms with E-state index in [9.17, 15) is 13.2 Å². The maximum atomic E-state index is 12.4. The highest BCUT2D eigenvalue weighted by atomic mass is 19.4. The smallest absolute Gasteiger partial charge is 0.371 e. The van der Waals surface area contributed by atoms with Crippen molar-refractivity contribution in [3.63, 3.8) is 0 Å². The van der Waals surface area contributed by atoms with Crippen LogP contribution in [0.15, 0.2) is 24.3 Å². The van der Waals surface area contributed by atoms with Crippen LogP contribution in [0.5, 0.6) is 0 Å². The fourth-order valence-electron chi connectivity index (χ4n) is 2.14. The Bertz CT molecular complexity index is 374. The molecule has 0 N–H and O–H groups in total. The average molecular weight is 242 g/mol. The van der Waals surface area contributed by atoms with Crippen molar-refractivity contribution < 1.29 is 17.9 Å². The summed E-state index contributed by atoms with van der Waals surface area (Å²) >= 11 is 0. The molecule has 1 aromatic rings. The van der Waals surface area contributed by atoms with Crippen molar-refractivity contribution in [2.75, 3.05) is 0 Å². The van der Waals surface area contributed by atoms with Crippen LogP contribution in [0.1, 0.15) is 30.1 Å². The summed E-state index contributed by atoms with van der Waals surface area (Å²) in [6.45, 7) is 0. The first-order valence-electron chi connectivity index (χ1n) is 5.83. The van der Waals surface area contributed by atoms with E-state index in [0.29, 0.717) is 0 Å². The molecule has 0 radical (unpaired) electrons. The molecule has 2 rings (SSSR count). The van der Waals surface area contributed by atoms with E-state index in [-0.39, 0.29) is 12.2 Å². The van der Waals surface area contributed by atoms with E-state index in [1.807, 2.05) is 0 Å². The Morgan fingerprint density at radius 3 is 2.29 bits per heavy atom. The van der Waals surface area contributed by atoms with Crippen molar-refractivity contribution in [3.05, 3.63) is 35.4 Å². The second-order valence-electron chi connectivity index (χ2n) is 4.35. The van der Waals surface area contributed by atoms with Gasteiger partial charge in [0.15, 0.2) is 0 Å². The van der Waals surface area contributed by atoms with Crippen molar-refractivity contribution in [3.8, 4) is 0 Å². The normalized spacial score (nSPS) is 25.1. The summed E-state index contributed by atoms with van der Waals surface area (Å²) in [5.41, 5.74) is 0.236. The molecule has 17 heavy (non-hydrogen) atoms. The Morgan fingerprint density at radius 1 is 1.18 bits per heavy atom. The van der Waals surface area contributed by atoms with Crippen LogP contribution in [-0.2, 0) is 10.9 Å². The zero-order valence-electron chi connectivity index (χ0n) is 9.63. The molecule has 1 aromatic carbocycles. The standard InChI is InChI=1S/C12H14BF3O/c13-7-10-5-6-11(17-10)8-1-3-9(4-2-8)12(14,15)16/h1-4,10-11H,5-7,13H2/t10-,11-/m1/s1. The molecule has 0 saturated carbocycles. The molecule has 1 heterocycles. The molecule has 1 saturated heterocycles. The summed E-state index contributed by atoms with van der Waals surface area (Å²) in [6.07, 6.45) is -1.21. The number of halogens is 3. The number of hydrogen-bond donors (Lipinski definition) is 0. The molecule has 0 spiro atoms. The van der Waals surface area contributed by atoms with Crippen molar-refractivity contribution in [2.24, 2.45) is 0 Å². The first-order valence-corrected chi connectivity index (χ1v) is 5.83. The Hall–Kier alpha value is -0.965. The second kappa shape index (κ2) is 4.73. The molecule has 0 unspecified atom stereocenters. The Kier molecular flexibility index (Phi) is 3.47. The van der Waals surface area contributed by atoms with E-state index < -0.39 is 11.7 Å². The summed E-state index contributed by atoms with van der Waals surface area (Å²) < 4.78 is 42.9. The lowest BCUT2D eigenvalue weighted by Crippen LogP contribution is -2.07. The maximum absolute atomic E-state index is 12.4. The van der Waals surface area contributed by atoms with Gasteiger partial charge < -0.3 is 4.74 Å². The molecule has 1 fully saturated rings. The third-order valence-corrected chi connectivity index (χ3v) is 3.17. The predicted molar refractivity (Wildman–Crippen MR) is 61.6 cm³/mol. The minimum Gasteiger partial charge on any atom is -0.371 e. The van der Waals surface area contributed by atoms with Gasteiger partial charge in [0.1, 0.15) is 7.85 Å². The van der Waals surface area contributed by atoms with Gasteiger partial charge in [-0.3, -0.25) is 0 Å². The van der Waals surface area contributed by atoms with Crippen LogP contribution in [0.4, 0.5) is 13.2 Å². The number of alkyl halides is 3. The minimum absolute atomic E-state index is 0.0396. The summed E-state index contributed by atoms with van der Waals surface area (Å²) in [5.74, 6) is 0. The van der Waals surface area contributed by atoms with Gasteiger partial charge in [-0.2, -0.15) is 13.2 Å². The molecule has 2 atom stereocenters. The second-order valence-corrected chi connectivity index (χ2v) is 4.35. The lowest BCUT2D eigenvalue weighted by atomic mass is 9.97. The van der Waals surface area contributed by atoms with Crippen LogP contribution in [0.3, 0.4) is 0 Å². The van der Waals surface area contributed by atoms with Gasteiger partial charge in [-0.15, -0.1) is 0 Å². The fourth-order valence-corrected chi connectivity index (χ4v) is 2.14. The largest absolute Gasteiger partial charge is 0.416 e. The molecule has 0 bridgehead atoms. The number of ether oxygens (including phenoxy) is 1. The van der Waals surface area contributed by atoms with E-state index in [1.165, 1.54) is 12.1 Å². The molecule has 5 heteroatoms. The zero-order valence-corrected chi connectivity index (χ0v) is 9.63. The summed E-state index contributed by atoms with van der Waals surface area (Å²) in [7, 11) is 2.06. The quantitative estimate of drug-likeness (QED) is 0.724. The third-order valence-electron chi connectivity index (χ3n) is 3.17. The van der Waals surface area contributed by atoms with Gasteiger partial charge >= 0.3 is 6.18 Å². The topological polar surface area (TPSA) is 9.23 Å². The van der Waals surface area contributed by atoms with Crippen molar-refractivity contribution in [1.82, 2.24) is 0 Å². The molecule has 1 aliphatic heterocycles. The minimum atomic E-state index is -4.26. The van der Waals surface area contributed by atoms with Crippen LogP contribution in [0.2, 0.25) is 6.32 Å². The molecule has 1 nitrogen and oxygen atoms in total. The van der Waals surface area contributed by atoms with Gasteiger partial charge in [0.25, 0.3) is 0 Å². The first-order chi connectivity index (χ1) is 8.00. The van der Waals surface area contributed by atoms with Crippen LogP contribution in [0.25, 0.3) is 0 Å². The zero-order chi connectivity index (χ0) is 12.5. The van der Waals surface area contributed by atoms with Gasteiger partial charge in [-0.1, -0.05) is 18.5 Å². The highest BCUT2D eigenvalue weighted by Gasteiger charge is 2.31. The number of benzene rings is 1. The monoisotopic (exact) mass is 242 g/mol. The van der Waals surface area contributed by atoms with Gasteiger partial charge in [-0.25, -0.2) is 0 Å². The van der Waals surface area contributed by atoms with Crippen molar-refractivity contribution >= 4 is 7.85 Å². The molecular formula is C12H14BF3O. The van der Waals surface area contributed by atoms with Crippen molar-refractivity contribution in [2.45, 2.75) is 37.5 Å². The lowest BCUT2D eigenvalue weighted by Gasteiger charge is -2.14. The number of rotatable bonds is 2. The van der Waals surface area contributed by atoms with Gasteiger partial charge in [0.2, 0.25) is 0 Å². The molecule has 1 aliphatic rings.